The van der Waals surface area contributed by atoms with Crippen LogP contribution in [0.5, 0.6) is 0 Å². The lowest BCUT2D eigenvalue weighted by atomic mass is 10.1. The minimum Gasteiger partial charge on any atom is -0.341 e. The van der Waals surface area contributed by atoms with Gasteiger partial charge < -0.3 is 11.1 Å². The molecule has 3 N–H and O–H groups in total. The first-order valence-electron chi connectivity index (χ1n) is 5.07. The van der Waals surface area contributed by atoms with E-state index in [1.807, 2.05) is 12.1 Å². The largest absolute Gasteiger partial charge is 0.341 e. The van der Waals surface area contributed by atoms with E-state index in [0.29, 0.717) is 6.54 Å². The summed E-state index contributed by atoms with van der Waals surface area (Å²) >= 11 is 0. The molecule has 1 aliphatic heterocycles. The predicted molar refractivity (Wildman–Crippen MR) is 59.8 cm³/mol. The van der Waals surface area contributed by atoms with E-state index in [0.717, 1.165) is 24.2 Å². The minimum absolute atomic E-state index is 0.0470. The standard InChI is InChI=1S/C11H15N3O/c1-13-11(15)14-5-4-9-6-8(7-12)2-3-10(9)14/h2-3,6H,4-5,7,12H2,1H3,(H,13,15). The third-order valence-electron chi connectivity index (χ3n) is 2.73. The molecule has 0 aliphatic carbocycles. The zero-order valence-corrected chi connectivity index (χ0v) is 8.79. The van der Waals surface area contributed by atoms with Crippen molar-refractivity contribution in [2.45, 2.75) is 13.0 Å². The van der Waals surface area contributed by atoms with Gasteiger partial charge in [-0.25, -0.2) is 4.79 Å². The molecule has 0 saturated heterocycles. The summed E-state index contributed by atoms with van der Waals surface area (Å²) in [6.07, 6.45) is 0.913. The second-order valence-electron chi connectivity index (χ2n) is 3.62. The van der Waals surface area contributed by atoms with Crippen molar-refractivity contribution >= 4 is 11.7 Å². The van der Waals surface area contributed by atoms with E-state index in [4.69, 9.17) is 5.73 Å². The quantitative estimate of drug-likeness (QED) is 0.714. The molecule has 1 heterocycles. The van der Waals surface area contributed by atoms with Crippen LogP contribution < -0.4 is 16.0 Å². The van der Waals surface area contributed by atoms with Crippen molar-refractivity contribution in [1.82, 2.24) is 5.32 Å². The number of nitrogens with two attached hydrogens (primary N) is 1. The first-order valence-corrected chi connectivity index (χ1v) is 5.07. The fourth-order valence-electron chi connectivity index (χ4n) is 1.93. The van der Waals surface area contributed by atoms with E-state index < -0.39 is 0 Å². The molecule has 0 radical (unpaired) electrons. The summed E-state index contributed by atoms with van der Waals surface area (Å²) in [5.74, 6) is 0. The molecule has 4 heteroatoms. The van der Waals surface area contributed by atoms with E-state index in [1.165, 1.54) is 5.56 Å². The second kappa shape index (κ2) is 3.90. The van der Waals surface area contributed by atoms with Crippen molar-refractivity contribution in [2.75, 3.05) is 18.5 Å². The molecule has 0 saturated carbocycles. The van der Waals surface area contributed by atoms with Gasteiger partial charge in [0.15, 0.2) is 0 Å². The van der Waals surface area contributed by atoms with Crippen molar-refractivity contribution in [3.8, 4) is 0 Å². The molecular weight excluding hydrogens is 190 g/mol. The molecule has 0 aromatic heterocycles. The number of benzene rings is 1. The summed E-state index contributed by atoms with van der Waals surface area (Å²) in [5, 5.41) is 2.64. The number of anilines is 1. The van der Waals surface area contributed by atoms with Crippen molar-refractivity contribution in [3.63, 3.8) is 0 Å². The van der Waals surface area contributed by atoms with Gasteiger partial charge in [0.05, 0.1) is 0 Å². The molecule has 0 bridgehead atoms. The number of amides is 2. The summed E-state index contributed by atoms with van der Waals surface area (Å²) in [5.41, 5.74) is 8.91. The summed E-state index contributed by atoms with van der Waals surface area (Å²) in [4.78, 5) is 13.3. The van der Waals surface area contributed by atoms with E-state index >= 15 is 0 Å². The third-order valence-corrected chi connectivity index (χ3v) is 2.73. The molecule has 0 unspecified atom stereocenters. The Morgan fingerprint density at radius 1 is 1.60 bits per heavy atom. The number of nitrogens with one attached hydrogen (secondary N) is 1. The Hall–Kier alpha value is -1.55. The summed E-state index contributed by atoms with van der Waals surface area (Å²) in [6.45, 7) is 1.30. The third kappa shape index (κ3) is 1.68. The van der Waals surface area contributed by atoms with Gasteiger partial charge in [-0.3, -0.25) is 4.90 Å². The predicted octanol–water partition coefficient (Wildman–Crippen LogP) is 0.847. The van der Waals surface area contributed by atoms with Gasteiger partial charge >= 0.3 is 6.03 Å². The van der Waals surface area contributed by atoms with Gasteiger partial charge in [0.1, 0.15) is 0 Å². The topological polar surface area (TPSA) is 58.4 Å². The van der Waals surface area contributed by atoms with Crippen LogP contribution in [0.1, 0.15) is 11.1 Å². The smallest absolute Gasteiger partial charge is 0.321 e. The highest BCUT2D eigenvalue weighted by Gasteiger charge is 2.23. The summed E-state index contributed by atoms with van der Waals surface area (Å²) < 4.78 is 0. The number of urea groups is 1. The number of fused-ring (bicyclic) bond motifs is 1. The molecule has 0 atom stereocenters. The molecule has 0 spiro atoms. The van der Waals surface area contributed by atoms with Crippen LogP contribution in [0, 0.1) is 0 Å². The number of rotatable bonds is 1. The molecule has 2 amide bonds. The van der Waals surface area contributed by atoms with Gasteiger partial charge in [-0.05, 0) is 23.6 Å². The van der Waals surface area contributed by atoms with Crippen LogP contribution >= 0.6 is 0 Å². The van der Waals surface area contributed by atoms with Crippen molar-refractivity contribution in [1.29, 1.82) is 0 Å². The summed E-state index contributed by atoms with van der Waals surface area (Å²) in [7, 11) is 1.65. The Kier molecular flexibility index (Phi) is 2.60. The number of hydrogen-bond donors (Lipinski definition) is 2. The van der Waals surface area contributed by atoms with Gasteiger partial charge in [-0.15, -0.1) is 0 Å². The number of nitrogens with zero attached hydrogens (tertiary/aromatic N) is 1. The molecule has 1 aromatic carbocycles. The number of hydrogen-bond acceptors (Lipinski definition) is 2. The highest BCUT2D eigenvalue weighted by Crippen LogP contribution is 2.28. The first kappa shape index (κ1) is 9.98. The Morgan fingerprint density at radius 3 is 3.07 bits per heavy atom. The van der Waals surface area contributed by atoms with E-state index in [1.54, 1.807) is 11.9 Å². The highest BCUT2D eigenvalue weighted by molar-refractivity contribution is 5.94. The Bertz CT molecular complexity index is 389. The zero-order valence-electron chi connectivity index (χ0n) is 8.79. The monoisotopic (exact) mass is 205 g/mol. The van der Waals surface area contributed by atoms with Crippen LogP contribution in [-0.2, 0) is 13.0 Å². The van der Waals surface area contributed by atoms with Gasteiger partial charge in [-0.1, -0.05) is 12.1 Å². The molecular formula is C11H15N3O. The van der Waals surface area contributed by atoms with Crippen LogP contribution in [0.15, 0.2) is 18.2 Å². The van der Waals surface area contributed by atoms with E-state index in [9.17, 15) is 4.79 Å². The Balaban J connectivity index is 2.32. The van der Waals surface area contributed by atoms with Crippen LogP contribution in [0.4, 0.5) is 10.5 Å². The second-order valence-corrected chi connectivity index (χ2v) is 3.62. The maximum absolute atomic E-state index is 11.5. The molecule has 15 heavy (non-hydrogen) atoms. The lowest BCUT2D eigenvalue weighted by Gasteiger charge is -2.16. The molecule has 2 rings (SSSR count). The van der Waals surface area contributed by atoms with Crippen molar-refractivity contribution in [2.24, 2.45) is 5.73 Å². The van der Waals surface area contributed by atoms with E-state index in [-0.39, 0.29) is 6.03 Å². The lowest BCUT2D eigenvalue weighted by molar-refractivity contribution is 0.248. The molecule has 80 valence electrons. The fourth-order valence-corrected chi connectivity index (χ4v) is 1.93. The van der Waals surface area contributed by atoms with E-state index in [2.05, 4.69) is 11.4 Å². The summed E-state index contributed by atoms with van der Waals surface area (Å²) in [6, 6.07) is 5.98. The molecule has 0 fully saturated rings. The molecule has 4 nitrogen and oxygen atoms in total. The average Bonchev–Trinajstić information content (AvgIpc) is 2.70. The highest BCUT2D eigenvalue weighted by atomic mass is 16.2. The van der Waals surface area contributed by atoms with Crippen LogP contribution in [0.25, 0.3) is 0 Å². The fraction of sp³-hybridized carbons (Fsp3) is 0.364. The average molecular weight is 205 g/mol. The zero-order chi connectivity index (χ0) is 10.8. The van der Waals surface area contributed by atoms with Crippen LogP contribution in [0.2, 0.25) is 0 Å². The maximum Gasteiger partial charge on any atom is 0.321 e. The number of carbonyl (C=O) groups is 1. The number of carbonyl (C=O) groups excluding carboxylic acids is 1. The van der Waals surface area contributed by atoms with Crippen LogP contribution in [-0.4, -0.2) is 19.6 Å². The van der Waals surface area contributed by atoms with Gasteiger partial charge in [-0.2, -0.15) is 0 Å². The molecule has 1 aromatic rings. The van der Waals surface area contributed by atoms with Crippen LogP contribution in [0.3, 0.4) is 0 Å². The Morgan fingerprint density at radius 2 is 2.40 bits per heavy atom. The van der Waals surface area contributed by atoms with Gasteiger partial charge in [0.2, 0.25) is 0 Å². The van der Waals surface area contributed by atoms with Gasteiger partial charge in [0, 0.05) is 25.8 Å². The van der Waals surface area contributed by atoms with Crippen molar-refractivity contribution in [3.05, 3.63) is 29.3 Å². The lowest BCUT2D eigenvalue weighted by Crippen LogP contribution is -2.36. The normalized spacial score (nSPS) is 13.9. The minimum atomic E-state index is -0.0470. The SMILES string of the molecule is CNC(=O)N1CCc2cc(CN)ccc21. The maximum atomic E-state index is 11.5. The van der Waals surface area contributed by atoms with Crippen molar-refractivity contribution < 1.29 is 4.79 Å². The first-order chi connectivity index (χ1) is 7.26. The Labute approximate surface area is 89.1 Å². The van der Waals surface area contributed by atoms with Gasteiger partial charge in [0.25, 0.3) is 0 Å². The molecule has 1 aliphatic rings.